The smallest absolute Gasteiger partial charge is 0.203 e. The van der Waals surface area contributed by atoms with Gasteiger partial charge in [-0.3, -0.25) is 5.10 Å². The highest BCUT2D eigenvalue weighted by Gasteiger charge is 2.05. The SMILES string of the molecule is CCn1cc(C)nc1NCc1cn[nH]c1C. The van der Waals surface area contributed by atoms with Crippen molar-refractivity contribution in [2.24, 2.45) is 0 Å². The number of rotatable bonds is 4. The van der Waals surface area contributed by atoms with Crippen LogP contribution in [0.5, 0.6) is 0 Å². The molecule has 0 aromatic carbocycles. The van der Waals surface area contributed by atoms with E-state index in [0.29, 0.717) is 0 Å². The zero-order valence-electron chi connectivity index (χ0n) is 9.91. The summed E-state index contributed by atoms with van der Waals surface area (Å²) < 4.78 is 2.10. The van der Waals surface area contributed by atoms with Crippen LogP contribution in [0.4, 0.5) is 5.95 Å². The molecule has 0 atom stereocenters. The van der Waals surface area contributed by atoms with Gasteiger partial charge in [0.1, 0.15) is 0 Å². The van der Waals surface area contributed by atoms with Gasteiger partial charge in [-0.15, -0.1) is 0 Å². The van der Waals surface area contributed by atoms with Crippen molar-refractivity contribution < 1.29 is 0 Å². The molecule has 5 heteroatoms. The van der Waals surface area contributed by atoms with Gasteiger partial charge >= 0.3 is 0 Å². The summed E-state index contributed by atoms with van der Waals surface area (Å²) >= 11 is 0. The average molecular weight is 219 g/mol. The lowest BCUT2D eigenvalue weighted by Gasteiger charge is -2.06. The van der Waals surface area contributed by atoms with Crippen LogP contribution in [-0.2, 0) is 13.1 Å². The molecule has 5 nitrogen and oxygen atoms in total. The number of nitrogens with zero attached hydrogens (tertiary/aromatic N) is 3. The molecule has 0 radical (unpaired) electrons. The van der Waals surface area contributed by atoms with Crippen LogP contribution < -0.4 is 5.32 Å². The minimum atomic E-state index is 0.749. The molecule has 0 unspecified atom stereocenters. The van der Waals surface area contributed by atoms with Gasteiger partial charge in [0, 0.05) is 30.5 Å². The molecular formula is C11H17N5. The largest absolute Gasteiger partial charge is 0.351 e. The maximum atomic E-state index is 4.43. The first-order chi connectivity index (χ1) is 7.70. The lowest BCUT2D eigenvalue weighted by atomic mass is 10.3. The molecule has 0 aliphatic rings. The van der Waals surface area contributed by atoms with Crippen molar-refractivity contribution in [3.63, 3.8) is 0 Å². The monoisotopic (exact) mass is 219 g/mol. The van der Waals surface area contributed by atoms with Crippen LogP contribution in [0.25, 0.3) is 0 Å². The molecule has 0 saturated carbocycles. The van der Waals surface area contributed by atoms with Crippen molar-refractivity contribution in [2.45, 2.75) is 33.9 Å². The van der Waals surface area contributed by atoms with E-state index in [9.17, 15) is 0 Å². The van der Waals surface area contributed by atoms with Gasteiger partial charge in [-0.25, -0.2) is 4.98 Å². The van der Waals surface area contributed by atoms with E-state index in [1.807, 2.05) is 26.2 Å². The van der Waals surface area contributed by atoms with E-state index in [-0.39, 0.29) is 0 Å². The van der Waals surface area contributed by atoms with Crippen molar-refractivity contribution in [1.29, 1.82) is 0 Å². The van der Waals surface area contributed by atoms with E-state index in [1.165, 1.54) is 5.56 Å². The van der Waals surface area contributed by atoms with Gasteiger partial charge in [0.2, 0.25) is 5.95 Å². The summed E-state index contributed by atoms with van der Waals surface area (Å²) in [6.45, 7) is 7.80. The molecule has 0 saturated heterocycles. The number of hydrogen-bond donors (Lipinski definition) is 2. The molecule has 0 amide bonds. The van der Waals surface area contributed by atoms with Crippen molar-refractivity contribution in [3.05, 3.63) is 29.3 Å². The summed E-state index contributed by atoms with van der Waals surface area (Å²) in [6, 6.07) is 0. The summed E-state index contributed by atoms with van der Waals surface area (Å²) in [7, 11) is 0. The van der Waals surface area contributed by atoms with Crippen molar-refractivity contribution in [2.75, 3.05) is 5.32 Å². The van der Waals surface area contributed by atoms with Gasteiger partial charge in [-0.05, 0) is 20.8 Å². The second-order valence-electron chi connectivity index (χ2n) is 3.87. The van der Waals surface area contributed by atoms with Crippen LogP contribution in [0.15, 0.2) is 12.4 Å². The fourth-order valence-electron chi connectivity index (χ4n) is 1.66. The van der Waals surface area contributed by atoms with E-state index >= 15 is 0 Å². The first kappa shape index (κ1) is 10.7. The van der Waals surface area contributed by atoms with E-state index in [4.69, 9.17) is 0 Å². The summed E-state index contributed by atoms with van der Waals surface area (Å²) in [4.78, 5) is 4.43. The summed E-state index contributed by atoms with van der Waals surface area (Å²) in [6.07, 6.45) is 3.89. The molecule has 16 heavy (non-hydrogen) atoms. The molecule has 2 aromatic heterocycles. The summed E-state index contributed by atoms with van der Waals surface area (Å²) in [5, 5.41) is 10.2. The third-order valence-electron chi connectivity index (χ3n) is 2.61. The van der Waals surface area contributed by atoms with Gasteiger partial charge in [-0.2, -0.15) is 5.10 Å². The topological polar surface area (TPSA) is 58.5 Å². The Bertz CT molecular complexity index is 468. The second-order valence-corrected chi connectivity index (χ2v) is 3.87. The molecule has 0 fully saturated rings. The molecule has 2 rings (SSSR count). The number of nitrogens with one attached hydrogen (secondary N) is 2. The molecule has 0 aliphatic carbocycles. The highest BCUT2D eigenvalue weighted by Crippen LogP contribution is 2.10. The predicted octanol–water partition coefficient (Wildman–Crippen LogP) is 1.86. The predicted molar refractivity (Wildman–Crippen MR) is 63.3 cm³/mol. The molecule has 0 bridgehead atoms. The number of hydrogen-bond acceptors (Lipinski definition) is 3. The number of imidazole rings is 1. The van der Waals surface area contributed by atoms with Crippen LogP contribution in [0.3, 0.4) is 0 Å². The Morgan fingerprint density at radius 2 is 2.25 bits per heavy atom. The average Bonchev–Trinajstić information content (AvgIpc) is 2.81. The summed E-state index contributed by atoms with van der Waals surface area (Å²) in [5.74, 6) is 0.917. The van der Waals surface area contributed by atoms with Crippen LogP contribution in [0, 0.1) is 13.8 Å². The van der Waals surface area contributed by atoms with Gasteiger partial charge in [0.05, 0.1) is 11.9 Å². The lowest BCUT2D eigenvalue weighted by Crippen LogP contribution is -2.06. The Hall–Kier alpha value is -1.78. The van der Waals surface area contributed by atoms with Gasteiger partial charge < -0.3 is 9.88 Å². The van der Waals surface area contributed by atoms with Crippen LogP contribution in [0.2, 0.25) is 0 Å². The van der Waals surface area contributed by atoms with Crippen LogP contribution >= 0.6 is 0 Å². The van der Waals surface area contributed by atoms with Gasteiger partial charge in [0.25, 0.3) is 0 Å². The molecule has 2 N–H and O–H groups in total. The summed E-state index contributed by atoms with van der Waals surface area (Å²) in [5.41, 5.74) is 3.30. The molecule has 2 heterocycles. The molecular weight excluding hydrogens is 202 g/mol. The zero-order valence-corrected chi connectivity index (χ0v) is 9.91. The van der Waals surface area contributed by atoms with Gasteiger partial charge in [-0.1, -0.05) is 0 Å². The zero-order chi connectivity index (χ0) is 11.5. The lowest BCUT2D eigenvalue weighted by molar-refractivity contribution is 0.762. The van der Waals surface area contributed by atoms with E-state index in [2.05, 4.69) is 32.0 Å². The minimum absolute atomic E-state index is 0.749. The number of aryl methyl sites for hydroxylation is 3. The normalized spacial score (nSPS) is 10.7. The number of aromatic amines is 1. The molecule has 86 valence electrons. The third kappa shape index (κ3) is 2.08. The highest BCUT2D eigenvalue weighted by atomic mass is 15.2. The molecule has 2 aromatic rings. The first-order valence-electron chi connectivity index (χ1n) is 5.47. The second kappa shape index (κ2) is 4.38. The molecule has 0 spiro atoms. The van der Waals surface area contributed by atoms with Gasteiger partial charge in [0.15, 0.2) is 0 Å². The Labute approximate surface area is 94.9 Å². The van der Waals surface area contributed by atoms with E-state index < -0.39 is 0 Å². The quantitative estimate of drug-likeness (QED) is 0.825. The fraction of sp³-hybridized carbons (Fsp3) is 0.455. The number of aromatic nitrogens is 4. The van der Waals surface area contributed by atoms with Crippen molar-refractivity contribution in [1.82, 2.24) is 19.7 Å². The fourth-order valence-corrected chi connectivity index (χ4v) is 1.66. The Morgan fingerprint density at radius 3 is 2.88 bits per heavy atom. The van der Waals surface area contributed by atoms with Crippen molar-refractivity contribution >= 4 is 5.95 Å². The first-order valence-corrected chi connectivity index (χ1v) is 5.47. The maximum absolute atomic E-state index is 4.43. The molecule has 0 aliphatic heterocycles. The third-order valence-corrected chi connectivity index (χ3v) is 2.61. The van der Waals surface area contributed by atoms with Crippen LogP contribution in [-0.4, -0.2) is 19.7 Å². The Kier molecular flexibility index (Phi) is 2.94. The number of H-pyrrole nitrogens is 1. The van der Waals surface area contributed by atoms with Crippen LogP contribution in [0.1, 0.15) is 23.9 Å². The maximum Gasteiger partial charge on any atom is 0.203 e. The van der Waals surface area contributed by atoms with E-state index in [0.717, 1.165) is 30.4 Å². The standard InChI is InChI=1S/C11H17N5/c1-4-16-7-8(2)14-11(16)12-5-10-6-13-15-9(10)3/h6-7H,4-5H2,1-3H3,(H,12,14)(H,13,15). The minimum Gasteiger partial charge on any atom is -0.351 e. The highest BCUT2D eigenvalue weighted by molar-refractivity contribution is 5.31. The Morgan fingerprint density at radius 1 is 1.44 bits per heavy atom. The van der Waals surface area contributed by atoms with Crippen molar-refractivity contribution in [3.8, 4) is 0 Å². The van der Waals surface area contributed by atoms with E-state index in [1.54, 1.807) is 0 Å². The number of anilines is 1. The Balaban J connectivity index is 2.07.